The highest BCUT2D eigenvalue weighted by atomic mass is 32.1. The minimum Gasteiger partial charge on any atom is -0.445 e. The Hall–Kier alpha value is -4.60. The van der Waals surface area contributed by atoms with Crippen molar-refractivity contribution in [3.8, 4) is 0 Å². The summed E-state index contributed by atoms with van der Waals surface area (Å²) in [5.74, 6) is -0.0971. The van der Waals surface area contributed by atoms with Crippen LogP contribution in [0, 0.1) is 0 Å². The topological polar surface area (TPSA) is 89.7 Å². The molecule has 45 heavy (non-hydrogen) atoms. The molecule has 1 fully saturated rings. The van der Waals surface area contributed by atoms with Gasteiger partial charge in [0, 0.05) is 73.4 Å². The van der Waals surface area contributed by atoms with Crippen LogP contribution >= 0.6 is 11.3 Å². The summed E-state index contributed by atoms with van der Waals surface area (Å²) in [4.78, 5) is 35.8. The fourth-order valence-electron chi connectivity index (χ4n) is 5.87. The zero-order valence-electron chi connectivity index (χ0n) is 25.3. The van der Waals surface area contributed by atoms with Crippen molar-refractivity contribution in [2.24, 2.45) is 0 Å². The summed E-state index contributed by atoms with van der Waals surface area (Å²) >= 11 is 1.79. The Bertz CT molecular complexity index is 1680. The summed E-state index contributed by atoms with van der Waals surface area (Å²) in [6, 6.07) is 29.5. The maximum Gasteiger partial charge on any atom is 0.408 e. The Kier molecular flexibility index (Phi) is 10.1. The van der Waals surface area contributed by atoms with E-state index in [4.69, 9.17) is 4.74 Å². The summed E-state index contributed by atoms with van der Waals surface area (Å²) in [6.45, 7) is 4.44. The van der Waals surface area contributed by atoms with Gasteiger partial charge in [0.2, 0.25) is 5.91 Å². The second-order valence-corrected chi connectivity index (χ2v) is 12.3. The molecule has 0 bridgehead atoms. The Balaban J connectivity index is 1.09. The van der Waals surface area contributed by atoms with Crippen LogP contribution in [0.1, 0.15) is 21.6 Å². The van der Waals surface area contributed by atoms with Gasteiger partial charge in [0.25, 0.3) is 0 Å². The van der Waals surface area contributed by atoms with E-state index in [1.807, 2.05) is 65.7 Å². The zero-order chi connectivity index (χ0) is 30.8. The molecule has 1 saturated heterocycles. The largest absolute Gasteiger partial charge is 0.445 e. The molecule has 232 valence electrons. The Morgan fingerprint density at radius 3 is 2.47 bits per heavy atom. The molecule has 0 radical (unpaired) electrons. The summed E-state index contributed by atoms with van der Waals surface area (Å²) < 4.78 is 5.51. The van der Waals surface area contributed by atoms with Crippen molar-refractivity contribution in [2.75, 3.05) is 37.6 Å². The van der Waals surface area contributed by atoms with Crippen LogP contribution < -0.4 is 15.5 Å². The zero-order valence-corrected chi connectivity index (χ0v) is 26.1. The predicted molar refractivity (Wildman–Crippen MR) is 181 cm³/mol. The Labute approximate surface area is 268 Å². The number of hydrogen-bond acceptors (Lipinski definition) is 6. The number of hydrogen-bond donors (Lipinski definition) is 3. The van der Waals surface area contributed by atoms with Crippen molar-refractivity contribution in [2.45, 2.75) is 32.0 Å². The van der Waals surface area contributed by atoms with E-state index in [1.165, 1.54) is 16.1 Å². The fraction of sp³-hybridized carbons (Fsp3) is 0.278. The molecule has 3 aromatic carbocycles. The quantitative estimate of drug-likeness (QED) is 0.155. The number of fused-ring (bicyclic) bond motifs is 1. The van der Waals surface area contributed by atoms with Gasteiger partial charge in [-0.15, -0.1) is 11.3 Å². The highest BCUT2D eigenvalue weighted by Crippen LogP contribution is 2.24. The third-order valence-electron chi connectivity index (χ3n) is 8.27. The molecular formula is C36H39N5O3S. The SMILES string of the molecule is O=C(N[C@H](Cc1c[nH]c2ccccc12)C(=O)N1CCN(c2ccccc2CNCCc2cccs2)CC1)OCc1ccccc1. The second-order valence-electron chi connectivity index (χ2n) is 11.3. The highest BCUT2D eigenvalue weighted by Gasteiger charge is 2.30. The van der Waals surface area contributed by atoms with Crippen LogP contribution in [0.3, 0.4) is 0 Å². The van der Waals surface area contributed by atoms with Gasteiger partial charge in [-0.2, -0.15) is 0 Å². The molecule has 0 aliphatic carbocycles. The molecule has 1 atom stereocenters. The minimum absolute atomic E-state index is 0.0971. The smallest absolute Gasteiger partial charge is 0.408 e. The second kappa shape index (κ2) is 14.9. The lowest BCUT2D eigenvalue weighted by molar-refractivity contribution is -0.133. The van der Waals surface area contributed by atoms with Gasteiger partial charge in [-0.05, 0) is 46.7 Å². The molecule has 0 spiro atoms. The number of carbonyl (C=O) groups is 2. The number of amides is 2. The van der Waals surface area contributed by atoms with Crippen molar-refractivity contribution in [1.82, 2.24) is 20.5 Å². The first-order valence-electron chi connectivity index (χ1n) is 15.5. The van der Waals surface area contributed by atoms with Crippen LogP contribution in [0.2, 0.25) is 0 Å². The normalized spacial score (nSPS) is 14.0. The van der Waals surface area contributed by atoms with Gasteiger partial charge in [0.05, 0.1) is 0 Å². The molecule has 0 saturated carbocycles. The lowest BCUT2D eigenvalue weighted by Gasteiger charge is -2.38. The van der Waals surface area contributed by atoms with E-state index in [2.05, 4.69) is 62.3 Å². The van der Waals surface area contributed by atoms with Gasteiger partial charge in [-0.25, -0.2) is 4.79 Å². The predicted octanol–water partition coefficient (Wildman–Crippen LogP) is 5.75. The summed E-state index contributed by atoms with van der Waals surface area (Å²) in [6.07, 6.45) is 2.71. The number of thiophene rings is 1. The van der Waals surface area contributed by atoms with E-state index in [0.29, 0.717) is 19.5 Å². The standard InChI is InChI=1S/C36H39N5O3S/c42-35(41-20-18-40(19-21-41)34-15-7-4-11-28(34)24-37-17-16-30-12-8-22-45-30)33(23-29-25-38-32-14-6-5-13-31(29)32)39-36(43)44-26-27-9-2-1-3-10-27/h1-15,22,25,33,37-38H,16-21,23-24,26H2,(H,39,43)/t33-/m1/s1. The number of para-hydroxylation sites is 2. The molecule has 8 nitrogen and oxygen atoms in total. The van der Waals surface area contributed by atoms with Crippen molar-refractivity contribution >= 4 is 39.9 Å². The summed E-state index contributed by atoms with van der Waals surface area (Å²) in [5, 5.41) is 9.65. The molecular weight excluding hydrogens is 582 g/mol. The number of H-pyrrole nitrogens is 1. The van der Waals surface area contributed by atoms with Crippen molar-refractivity contribution in [3.05, 3.63) is 124 Å². The van der Waals surface area contributed by atoms with Crippen LogP contribution in [0.5, 0.6) is 0 Å². The summed E-state index contributed by atoms with van der Waals surface area (Å²) in [5.41, 5.74) is 5.32. The number of ether oxygens (including phenoxy) is 1. The van der Waals surface area contributed by atoms with Crippen LogP contribution in [-0.4, -0.2) is 60.6 Å². The molecule has 2 amide bonds. The van der Waals surface area contributed by atoms with E-state index in [0.717, 1.165) is 54.6 Å². The third-order valence-corrected chi connectivity index (χ3v) is 9.21. The number of aromatic nitrogens is 1. The van der Waals surface area contributed by atoms with Crippen LogP contribution in [0.15, 0.2) is 103 Å². The van der Waals surface area contributed by atoms with Gasteiger partial charge in [0.1, 0.15) is 12.6 Å². The van der Waals surface area contributed by atoms with E-state index in [9.17, 15) is 9.59 Å². The number of alkyl carbamates (subject to hydrolysis) is 1. The first kappa shape index (κ1) is 30.4. The van der Waals surface area contributed by atoms with Crippen molar-refractivity contribution in [1.29, 1.82) is 0 Å². The van der Waals surface area contributed by atoms with E-state index in [-0.39, 0.29) is 12.5 Å². The van der Waals surface area contributed by atoms with Crippen LogP contribution in [-0.2, 0) is 35.5 Å². The van der Waals surface area contributed by atoms with Gasteiger partial charge < -0.3 is 30.2 Å². The average Bonchev–Trinajstić information content (AvgIpc) is 3.76. The maximum absolute atomic E-state index is 14.0. The van der Waals surface area contributed by atoms with Gasteiger partial charge in [-0.3, -0.25) is 4.79 Å². The number of benzene rings is 3. The number of nitrogens with zero attached hydrogens (tertiary/aromatic N) is 2. The summed E-state index contributed by atoms with van der Waals surface area (Å²) in [7, 11) is 0. The number of aromatic amines is 1. The first-order chi connectivity index (χ1) is 22.1. The number of rotatable bonds is 12. The molecule has 3 heterocycles. The average molecular weight is 622 g/mol. The molecule has 9 heteroatoms. The monoisotopic (exact) mass is 621 g/mol. The molecule has 5 aromatic rings. The molecule has 1 aliphatic heterocycles. The molecule has 6 rings (SSSR count). The van der Waals surface area contributed by atoms with Crippen LogP contribution in [0.4, 0.5) is 10.5 Å². The number of carbonyl (C=O) groups excluding carboxylic acids is 2. The van der Waals surface area contributed by atoms with Crippen molar-refractivity contribution in [3.63, 3.8) is 0 Å². The molecule has 2 aromatic heterocycles. The van der Waals surface area contributed by atoms with Crippen LogP contribution in [0.25, 0.3) is 10.9 Å². The Morgan fingerprint density at radius 1 is 0.867 bits per heavy atom. The minimum atomic E-state index is -0.751. The third kappa shape index (κ3) is 7.92. The van der Waals surface area contributed by atoms with Gasteiger partial charge >= 0.3 is 6.09 Å². The fourth-order valence-corrected chi connectivity index (χ4v) is 6.58. The van der Waals surface area contributed by atoms with Gasteiger partial charge in [0.15, 0.2) is 0 Å². The number of piperazine rings is 1. The molecule has 1 aliphatic rings. The molecule has 3 N–H and O–H groups in total. The van der Waals surface area contributed by atoms with E-state index >= 15 is 0 Å². The first-order valence-corrected chi connectivity index (χ1v) is 16.4. The lowest BCUT2D eigenvalue weighted by Crippen LogP contribution is -2.55. The lowest BCUT2D eigenvalue weighted by atomic mass is 10.0. The molecule has 0 unspecified atom stereocenters. The number of nitrogens with one attached hydrogen (secondary N) is 3. The maximum atomic E-state index is 14.0. The highest BCUT2D eigenvalue weighted by molar-refractivity contribution is 7.09. The van der Waals surface area contributed by atoms with Gasteiger partial charge in [-0.1, -0.05) is 72.8 Å². The Morgan fingerprint density at radius 2 is 1.64 bits per heavy atom. The van der Waals surface area contributed by atoms with E-state index in [1.54, 1.807) is 11.3 Å². The van der Waals surface area contributed by atoms with E-state index < -0.39 is 12.1 Å². The van der Waals surface area contributed by atoms with Crippen molar-refractivity contribution < 1.29 is 14.3 Å². The number of anilines is 1.